The van der Waals surface area contributed by atoms with Gasteiger partial charge in [0.05, 0.1) is 13.7 Å². The SMILES string of the molecule is COc1ccc(OCC(C)C)c(CNC(C)C)c1. The van der Waals surface area contributed by atoms with Crippen molar-refractivity contribution < 1.29 is 9.47 Å². The Morgan fingerprint density at radius 1 is 1.17 bits per heavy atom. The van der Waals surface area contributed by atoms with Crippen molar-refractivity contribution in [1.82, 2.24) is 5.32 Å². The molecule has 0 unspecified atom stereocenters. The van der Waals surface area contributed by atoms with Crippen molar-refractivity contribution in [3.05, 3.63) is 23.8 Å². The maximum absolute atomic E-state index is 5.83. The van der Waals surface area contributed by atoms with Crippen LogP contribution in [0.15, 0.2) is 18.2 Å². The molecular formula is C15H25NO2. The first kappa shape index (κ1) is 14.8. The number of methoxy groups -OCH3 is 1. The van der Waals surface area contributed by atoms with Gasteiger partial charge in [-0.05, 0) is 24.1 Å². The van der Waals surface area contributed by atoms with Gasteiger partial charge >= 0.3 is 0 Å². The monoisotopic (exact) mass is 251 g/mol. The van der Waals surface area contributed by atoms with E-state index in [9.17, 15) is 0 Å². The first-order chi connectivity index (χ1) is 8.52. The third-order valence-electron chi connectivity index (χ3n) is 2.54. The maximum atomic E-state index is 5.83. The Labute approximate surface area is 110 Å². The van der Waals surface area contributed by atoms with Crippen molar-refractivity contribution in [3.8, 4) is 11.5 Å². The molecule has 0 aliphatic heterocycles. The molecule has 0 amide bonds. The zero-order chi connectivity index (χ0) is 13.5. The minimum Gasteiger partial charge on any atom is -0.497 e. The van der Waals surface area contributed by atoms with Crippen molar-refractivity contribution in [3.63, 3.8) is 0 Å². The fourth-order valence-corrected chi connectivity index (χ4v) is 1.53. The van der Waals surface area contributed by atoms with E-state index in [2.05, 4.69) is 33.0 Å². The fourth-order valence-electron chi connectivity index (χ4n) is 1.53. The highest BCUT2D eigenvalue weighted by Gasteiger charge is 2.07. The molecule has 0 spiro atoms. The summed E-state index contributed by atoms with van der Waals surface area (Å²) < 4.78 is 11.1. The van der Waals surface area contributed by atoms with Crippen LogP contribution in [-0.2, 0) is 6.54 Å². The van der Waals surface area contributed by atoms with Crippen LogP contribution in [0.5, 0.6) is 11.5 Å². The van der Waals surface area contributed by atoms with E-state index in [4.69, 9.17) is 9.47 Å². The molecule has 0 saturated heterocycles. The number of hydrogen-bond donors (Lipinski definition) is 1. The Balaban J connectivity index is 2.79. The Morgan fingerprint density at radius 3 is 2.44 bits per heavy atom. The van der Waals surface area contributed by atoms with Crippen molar-refractivity contribution in [1.29, 1.82) is 0 Å². The van der Waals surface area contributed by atoms with Crippen LogP contribution in [0.2, 0.25) is 0 Å². The molecule has 3 heteroatoms. The third-order valence-corrected chi connectivity index (χ3v) is 2.54. The number of nitrogens with one attached hydrogen (secondary N) is 1. The predicted molar refractivity (Wildman–Crippen MR) is 75.3 cm³/mol. The minimum absolute atomic E-state index is 0.453. The summed E-state index contributed by atoms with van der Waals surface area (Å²) in [6.07, 6.45) is 0. The van der Waals surface area contributed by atoms with Gasteiger partial charge in [-0.15, -0.1) is 0 Å². The van der Waals surface area contributed by atoms with Gasteiger partial charge in [0.25, 0.3) is 0 Å². The lowest BCUT2D eigenvalue weighted by atomic mass is 10.1. The van der Waals surface area contributed by atoms with E-state index in [1.807, 2.05) is 18.2 Å². The van der Waals surface area contributed by atoms with Gasteiger partial charge in [0.15, 0.2) is 0 Å². The highest BCUT2D eigenvalue weighted by molar-refractivity contribution is 5.40. The molecule has 0 radical (unpaired) electrons. The van der Waals surface area contributed by atoms with Crippen molar-refractivity contribution in [2.24, 2.45) is 5.92 Å². The van der Waals surface area contributed by atoms with Crippen LogP contribution in [0.3, 0.4) is 0 Å². The van der Waals surface area contributed by atoms with Crippen LogP contribution in [0.1, 0.15) is 33.3 Å². The van der Waals surface area contributed by atoms with Crippen LogP contribution in [-0.4, -0.2) is 19.8 Å². The largest absolute Gasteiger partial charge is 0.497 e. The summed E-state index contributed by atoms with van der Waals surface area (Å²) in [6, 6.07) is 6.41. The number of ether oxygens (including phenoxy) is 2. The summed E-state index contributed by atoms with van der Waals surface area (Å²) in [7, 11) is 1.68. The summed E-state index contributed by atoms with van der Waals surface area (Å²) in [5, 5.41) is 3.41. The molecule has 1 aromatic carbocycles. The summed E-state index contributed by atoms with van der Waals surface area (Å²) >= 11 is 0. The van der Waals surface area contributed by atoms with Crippen molar-refractivity contribution >= 4 is 0 Å². The summed E-state index contributed by atoms with van der Waals surface area (Å²) in [5.74, 6) is 2.34. The topological polar surface area (TPSA) is 30.5 Å². The number of hydrogen-bond acceptors (Lipinski definition) is 3. The highest BCUT2D eigenvalue weighted by atomic mass is 16.5. The van der Waals surface area contributed by atoms with E-state index in [0.717, 1.165) is 30.2 Å². The van der Waals surface area contributed by atoms with E-state index in [0.29, 0.717) is 12.0 Å². The van der Waals surface area contributed by atoms with E-state index >= 15 is 0 Å². The molecule has 0 saturated carbocycles. The fraction of sp³-hybridized carbons (Fsp3) is 0.600. The second-order valence-corrected chi connectivity index (χ2v) is 5.21. The molecule has 0 atom stereocenters. The molecule has 1 N–H and O–H groups in total. The average molecular weight is 251 g/mol. The van der Waals surface area contributed by atoms with Gasteiger partial charge in [-0.1, -0.05) is 27.7 Å². The molecular weight excluding hydrogens is 226 g/mol. The quantitative estimate of drug-likeness (QED) is 0.807. The predicted octanol–water partition coefficient (Wildman–Crippen LogP) is 3.23. The third kappa shape index (κ3) is 4.96. The van der Waals surface area contributed by atoms with Gasteiger partial charge in [0.1, 0.15) is 11.5 Å². The molecule has 102 valence electrons. The normalized spacial score (nSPS) is 11.1. The van der Waals surface area contributed by atoms with Gasteiger partial charge < -0.3 is 14.8 Å². The Kier molecular flexibility index (Phi) is 5.99. The lowest BCUT2D eigenvalue weighted by molar-refractivity contribution is 0.267. The minimum atomic E-state index is 0.453. The standard InChI is InChI=1S/C15H25NO2/c1-11(2)10-18-15-7-6-14(17-5)8-13(15)9-16-12(3)4/h6-8,11-12,16H,9-10H2,1-5H3. The van der Waals surface area contributed by atoms with Gasteiger partial charge in [0.2, 0.25) is 0 Å². The molecule has 0 aliphatic rings. The second kappa shape index (κ2) is 7.27. The van der Waals surface area contributed by atoms with Gasteiger partial charge in [-0.25, -0.2) is 0 Å². The van der Waals surface area contributed by atoms with Crippen molar-refractivity contribution in [2.75, 3.05) is 13.7 Å². The Bertz CT molecular complexity index is 362. The van der Waals surface area contributed by atoms with Gasteiger partial charge in [0, 0.05) is 18.2 Å². The first-order valence-corrected chi connectivity index (χ1v) is 6.56. The first-order valence-electron chi connectivity index (χ1n) is 6.56. The lowest BCUT2D eigenvalue weighted by Gasteiger charge is -2.16. The van der Waals surface area contributed by atoms with Gasteiger partial charge in [-0.2, -0.15) is 0 Å². The molecule has 1 aromatic rings. The molecule has 0 bridgehead atoms. The molecule has 1 rings (SSSR count). The second-order valence-electron chi connectivity index (χ2n) is 5.21. The summed E-state index contributed by atoms with van der Waals surface area (Å²) in [6.45, 7) is 10.1. The molecule has 0 heterocycles. The molecule has 18 heavy (non-hydrogen) atoms. The number of rotatable bonds is 7. The lowest BCUT2D eigenvalue weighted by Crippen LogP contribution is -2.22. The summed E-state index contributed by atoms with van der Waals surface area (Å²) in [4.78, 5) is 0. The van der Waals surface area contributed by atoms with E-state index in [1.54, 1.807) is 7.11 Å². The summed E-state index contributed by atoms with van der Waals surface area (Å²) in [5.41, 5.74) is 1.14. The van der Waals surface area contributed by atoms with Crippen LogP contribution < -0.4 is 14.8 Å². The van der Waals surface area contributed by atoms with E-state index in [1.165, 1.54) is 0 Å². The number of benzene rings is 1. The molecule has 3 nitrogen and oxygen atoms in total. The molecule has 0 aliphatic carbocycles. The maximum Gasteiger partial charge on any atom is 0.124 e. The Hall–Kier alpha value is -1.22. The van der Waals surface area contributed by atoms with E-state index in [-0.39, 0.29) is 0 Å². The van der Waals surface area contributed by atoms with Crippen molar-refractivity contribution in [2.45, 2.75) is 40.3 Å². The zero-order valence-electron chi connectivity index (χ0n) is 12.1. The zero-order valence-corrected chi connectivity index (χ0v) is 12.1. The smallest absolute Gasteiger partial charge is 0.124 e. The van der Waals surface area contributed by atoms with Crippen LogP contribution in [0, 0.1) is 5.92 Å². The molecule has 0 fully saturated rings. The molecule has 0 aromatic heterocycles. The average Bonchev–Trinajstić information content (AvgIpc) is 2.34. The van der Waals surface area contributed by atoms with Crippen LogP contribution in [0.4, 0.5) is 0 Å². The van der Waals surface area contributed by atoms with Crippen LogP contribution >= 0.6 is 0 Å². The van der Waals surface area contributed by atoms with E-state index < -0.39 is 0 Å². The Morgan fingerprint density at radius 2 is 1.89 bits per heavy atom. The highest BCUT2D eigenvalue weighted by Crippen LogP contribution is 2.24. The van der Waals surface area contributed by atoms with Crippen LogP contribution in [0.25, 0.3) is 0 Å². The van der Waals surface area contributed by atoms with Gasteiger partial charge in [-0.3, -0.25) is 0 Å².